The molecule has 0 fully saturated rings. The molecule has 0 spiro atoms. The van der Waals surface area contributed by atoms with Gasteiger partial charge in [-0.25, -0.2) is 14.2 Å². The first kappa shape index (κ1) is 18.7. The van der Waals surface area contributed by atoms with Gasteiger partial charge in [0.05, 0.1) is 23.4 Å². The Morgan fingerprint density at radius 1 is 1.07 bits per heavy atom. The zero-order chi connectivity index (χ0) is 20.1. The van der Waals surface area contributed by atoms with E-state index in [1.807, 2.05) is 6.07 Å². The summed E-state index contributed by atoms with van der Waals surface area (Å²) in [5, 5.41) is 22.5. The van der Waals surface area contributed by atoms with Crippen molar-refractivity contribution in [3.05, 3.63) is 89.0 Å². The first-order chi connectivity index (χ1) is 13.5. The second kappa shape index (κ2) is 8.10. The molecule has 0 radical (unpaired) electrons. The van der Waals surface area contributed by atoms with Crippen molar-refractivity contribution < 1.29 is 18.7 Å². The van der Waals surface area contributed by atoms with Gasteiger partial charge in [-0.2, -0.15) is 10.4 Å². The van der Waals surface area contributed by atoms with Crippen molar-refractivity contribution >= 4 is 12.1 Å². The van der Waals surface area contributed by atoms with Crippen molar-refractivity contribution in [2.45, 2.75) is 0 Å². The standard InChI is InChI=1S/C21H13F2N3O2/c22-16-6-7-17(19(23)10-16)15-5-8-20(27)18(9-15)21(28)26-25-12-14-3-1-13(11-24)2-4-14/h1-10,12,27H,(H,26,28). The largest absolute Gasteiger partial charge is 0.507 e. The first-order valence-electron chi connectivity index (χ1n) is 8.10. The lowest BCUT2D eigenvalue weighted by Gasteiger charge is -2.08. The quantitative estimate of drug-likeness (QED) is 0.533. The molecule has 0 aliphatic heterocycles. The van der Waals surface area contributed by atoms with Crippen molar-refractivity contribution in [2.75, 3.05) is 0 Å². The molecular weight excluding hydrogens is 364 g/mol. The Labute approximate surface area is 159 Å². The van der Waals surface area contributed by atoms with Crippen LogP contribution in [0.5, 0.6) is 5.75 Å². The molecule has 28 heavy (non-hydrogen) atoms. The first-order valence-corrected chi connectivity index (χ1v) is 8.10. The minimum Gasteiger partial charge on any atom is -0.507 e. The van der Waals surface area contributed by atoms with Gasteiger partial charge in [0.25, 0.3) is 5.91 Å². The van der Waals surface area contributed by atoms with Gasteiger partial charge in [-0.15, -0.1) is 0 Å². The molecule has 0 aliphatic rings. The molecule has 0 unspecified atom stereocenters. The summed E-state index contributed by atoms with van der Waals surface area (Å²) in [4.78, 5) is 12.3. The SMILES string of the molecule is N#Cc1ccc(C=NNC(=O)c2cc(-c3ccc(F)cc3F)ccc2O)cc1. The van der Waals surface area contributed by atoms with E-state index in [0.717, 1.165) is 12.1 Å². The van der Waals surface area contributed by atoms with Crippen LogP contribution in [-0.2, 0) is 0 Å². The summed E-state index contributed by atoms with van der Waals surface area (Å²) in [6.07, 6.45) is 1.37. The predicted octanol–water partition coefficient (Wildman–Crippen LogP) is 3.97. The fraction of sp³-hybridized carbons (Fsp3) is 0. The third kappa shape index (κ3) is 4.19. The molecule has 0 aromatic heterocycles. The van der Waals surface area contributed by atoms with E-state index in [9.17, 15) is 18.7 Å². The van der Waals surface area contributed by atoms with Gasteiger partial charge in [-0.05, 0) is 47.5 Å². The van der Waals surface area contributed by atoms with E-state index < -0.39 is 17.5 Å². The van der Waals surface area contributed by atoms with Crippen LogP contribution >= 0.6 is 0 Å². The van der Waals surface area contributed by atoms with Crippen LogP contribution < -0.4 is 5.43 Å². The normalized spacial score (nSPS) is 10.6. The van der Waals surface area contributed by atoms with Crippen LogP contribution in [0.4, 0.5) is 8.78 Å². The zero-order valence-corrected chi connectivity index (χ0v) is 14.4. The summed E-state index contributed by atoms with van der Waals surface area (Å²) in [5.41, 5.74) is 3.71. The molecule has 0 bridgehead atoms. The monoisotopic (exact) mass is 377 g/mol. The summed E-state index contributed by atoms with van der Waals surface area (Å²) in [5.74, 6) is -2.50. The number of carbonyl (C=O) groups is 1. The third-order valence-corrected chi connectivity index (χ3v) is 3.90. The molecule has 0 atom stereocenters. The van der Waals surface area contributed by atoms with Gasteiger partial charge in [0.15, 0.2) is 0 Å². The molecule has 2 N–H and O–H groups in total. The number of aromatic hydroxyl groups is 1. The van der Waals surface area contributed by atoms with Crippen molar-refractivity contribution in [1.82, 2.24) is 5.43 Å². The number of phenols is 1. The van der Waals surface area contributed by atoms with Crippen LogP contribution in [-0.4, -0.2) is 17.2 Å². The fourth-order valence-corrected chi connectivity index (χ4v) is 2.48. The summed E-state index contributed by atoms with van der Waals surface area (Å²) in [6, 6.07) is 15.6. The molecule has 3 rings (SSSR count). The number of nitrogens with zero attached hydrogens (tertiary/aromatic N) is 2. The Bertz CT molecular complexity index is 1100. The molecule has 0 heterocycles. The highest BCUT2D eigenvalue weighted by atomic mass is 19.1. The predicted molar refractivity (Wildman–Crippen MR) is 99.7 cm³/mol. The highest BCUT2D eigenvalue weighted by molar-refractivity contribution is 5.98. The maximum atomic E-state index is 14.0. The lowest BCUT2D eigenvalue weighted by Crippen LogP contribution is -2.17. The second-order valence-corrected chi connectivity index (χ2v) is 5.79. The van der Waals surface area contributed by atoms with Crippen LogP contribution in [0.2, 0.25) is 0 Å². The van der Waals surface area contributed by atoms with Gasteiger partial charge in [-0.3, -0.25) is 4.79 Å². The minimum absolute atomic E-state index is 0.0940. The van der Waals surface area contributed by atoms with E-state index in [4.69, 9.17) is 5.26 Å². The number of hydrogen-bond donors (Lipinski definition) is 2. The molecule has 3 aromatic carbocycles. The summed E-state index contributed by atoms with van der Waals surface area (Å²) in [6.45, 7) is 0. The maximum Gasteiger partial charge on any atom is 0.275 e. The number of phenolic OH excluding ortho intramolecular Hbond substituents is 1. The van der Waals surface area contributed by atoms with Gasteiger partial charge < -0.3 is 5.11 Å². The fourth-order valence-electron chi connectivity index (χ4n) is 2.48. The van der Waals surface area contributed by atoms with Gasteiger partial charge in [-0.1, -0.05) is 18.2 Å². The topological polar surface area (TPSA) is 85.5 Å². The van der Waals surface area contributed by atoms with Crippen LogP contribution in [0.15, 0.2) is 65.8 Å². The number of halogens is 2. The summed E-state index contributed by atoms with van der Waals surface area (Å²) >= 11 is 0. The number of hydrazone groups is 1. The lowest BCUT2D eigenvalue weighted by molar-refractivity contribution is 0.0952. The number of nitriles is 1. The van der Waals surface area contributed by atoms with E-state index in [0.29, 0.717) is 16.7 Å². The molecule has 0 saturated carbocycles. The van der Waals surface area contributed by atoms with E-state index in [2.05, 4.69) is 10.5 Å². The number of amides is 1. The Morgan fingerprint density at radius 3 is 2.50 bits per heavy atom. The van der Waals surface area contributed by atoms with Crippen LogP contribution in [0.3, 0.4) is 0 Å². The smallest absolute Gasteiger partial charge is 0.275 e. The molecule has 0 saturated heterocycles. The molecule has 5 nitrogen and oxygen atoms in total. The number of hydrogen-bond acceptors (Lipinski definition) is 4. The van der Waals surface area contributed by atoms with Crippen LogP contribution in [0, 0.1) is 23.0 Å². The average Bonchev–Trinajstić information content (AvgIpc) is 2.69. The minimum atomic E-state index is -0.782. The Hall–Kier alpha value is -4.05. The van der Waals surface area contributed by atoms with Crippen molar-refractivity contribution in [3.8, 4) is 22.9 Å². The number of rotatable bonds is 4. The highest BCUT2D eigenvalue weighted by Gasteiger charge is 2.14. The third-order valence-electron chi connectivity index (χ3n) is 3.90. The van der Waals surface area contributed by atoms with E-state index in [-0.39, 0.29) is 16.9 Å². The van der Waals surface area contributed by atoms with Crippen molar-refractivity contribution in [2.24, 2.45) is 5.10 Å². The van der Waals surface area contributed by atoms with E-state index >= 15 is 0 Å². The molecule has 7 heteroatoms. The number of benzene rings is 3. The van der Waals surface area contributed by atoms with Gasteiger partial charge in [0.1, 0.15) is 17.4 Å². The average molecular weight is 377 g/mol. The second-order valence-electron chi connectivity index (χ2n) is 5.79. The van der Waals surface area contributed by atoms with Crippen molar-refractivity contribution in [1.29, 1.82) is 5.26 Å². The molecule has 1 amide bonds. The maximum absolute atomic E-state index is 14.0. The van der Waals surface area contributed by atoms with Crippen LogP contribution in [0.25, 0.3) is 11.1 Å². The Kier molecular flexibility index (Phi) is 5.42. The molecule has 138 valence electrons. The van der Waals surface area contributed by atoms with Crippen LogP contribution in [0.1, 0.15) is 21.5 Å². The lowest BCUT2D eigenvalue weighted by atomic mass is 10.0. The van der Waals surface area contributed by atoms with Gasteiger partial charge in [0, 0.05) is 11.6 Å². The number of carbonyl (C=O) groups excluding carboxylic acids is 1. The molecular formula is C21H13F2N3O2. The Morgan fingerprint density at radius 2 is 1.82 bits per heavy atom. The highest BCUT2D eigenvalue weighted by Crippen LogP contribution is 2.28. The van der Waals surface area contributed by atoms with E-state index in [1.165, 1.54) is 30.5 Å². The zero-order valence-electron chi connectivity index (χ0n) is 14.4. The van der Waals surface area contributed by atoms with E-state index in [1.54, 1.807) is 24.3 Å². The Balaban J connectivity index is 1.79. The van der Waals surface area contributed by atoms with Gasteiger partial charge in [0.2, 0.25) is 0 Å². The summed E-state index contributed by atoms with van der Waals surface area (Å²) < 4.78 is 27.0. The number of nitrogens with one attached hydrogen (secondary N) is 1. The molecule has 0 aliphatic carbocycles. The molecule has 3 aromatic rings. The van der Waals surface area contributed by atoms with Crippen molar-refractivity contribution in [3.63, 3.8) is 0 Å². The summed E-state index contributed by atoms with van der Waals surface area (Å²) in [7, 11) is 0. The van der Waals surface area contributed by atoms with Gasteiger partial charge >= 0.3 is 0 Å².